The highest BCUT2D eigenvalue weighted by molar-refractivity contribution is 7.07. The van der Waals surface area contributed by atoms with E-state index in [1.54, 1.807) is 161 Å². The lowest BCUT2D eigenvalue weighted by Crippen LogP contribution is -1.69. The number of pyridine rings is 2. The molecule has 432 valence electrons. The Morgan fingerprint density at radius 1 is 0.417 bits per heavy atom. The molecular formula is C54H61N25O4S. The maximum absolute atomic E-state index is 4.58. The molecule has 0 radical (unpaired) electrons. The van der Waals surface area contributed by atoms with Gasteiger partial charge in [0.2, 0.25) is 19.2 Å². The number of nitrogens with zero attached hydrogens (tertiary/aromatic N) is 21. The van der Waals surface area contributed by atoms with E-state index in [2.05, 4.69) is 144 Å². The Morgan fingerprint density at radius 3 is 1.27 bits per heavy atom. The van der Waals surface area contributed by atoms with Crippen LogP contribution in [0.1, 0.15) is 6.42 Å². The van der Waals surface area contributed by atoms with Crippen LogP contribution in [-0.2, 0) is 0 Å². The summed E-state index contributed by atoms with van der Waals surface area (Å²) >= 11 is 1.71. The van der Waals surface area contributed by atoms with Crippen LogP contribution in [0.4, 0.5) is 0 Å². The lowest BCUT2D eigenvalue weighted by atomic mass is 10.5. The zero-order chi connectivity index (χ0) is 59.4. The number of furan rings is 1. The third-order valence-corrected chi connectivity index (χ3v) is 7.46. The number of aliphatic imine (C=N–C) groups is 3. The summed E-state index contributed by atoms with van der Waals surface area (Å²) in [5.74, 6) is 0. The fourth-order valence-corrected chi connectivity index (χ4v) is 4.08. The SMILES string of the molecule is C1=CN=CC1.C1=NC=NC1.C1=NN=NC1.c1c[nH]cn1.c1cc[nH]c1.c1ccncc1.c1ccncc1.c1ccnnc1.c1ccoc1.c1ccsc1.c1cn[nH]c1.c1cn[nH]n1.c1cnccn1.c1cocn1.c1ncon1.c1nnco1. The Hall–Kier alpha value is -12.2. The highest BCUT2D eigenvalue weighted by Gasteiger charge is 1.76. The van der Waals surface area contributed by atoms with E-state index >= 15 is 0 Å². The van der Waals surface area contributed by atoms with Crippen molar-refractivity contribution in [2.45, 2.75) is 6.42 Å². The molecule has 16 heterocycles. The molecule has 16 rings (SSSR count). The topological polar surface area (TPSA) is 383 Å². The summed E-state index contributed by atoms with van der Waals surface area (Å²) in [6, 6.07) is 28.5. The number of H-pyrrole nitrogens is 4. The summed E-state index contributed by atoms with van der Waals surface area (Å²) in [5, 5.41) is 46.7. The van der Waals surface area contributed by atoms with Gasteiger partial charge in [-0.05, 0) is 82.7 Å². The van der Waals surface area contributed by atoms with Gasteiger partial charge in [-0.1, -0.05) is 35.5 Å². The monoisotopic (exact) mass is 1160 g/mol. The van der Waals surface area contributed by atoms with Crippen LogP contribution in [0.3, 0.4) is 0 Å². The standard InChI is InChI=1S/2C5H5N.2C4H4N2.2C4H5N.C4H4O.C4H4S.3C3H4N2.C3H3NO.2C2H3N3.2C2H2N2O/c2*1-2-4-6-5-3-1;1-2-6-4-3-5-1;1-2-4-6-5-3-1;4*1-2-4-5-3-1;2*1-2-5-3-4-1;1-2-4-5-3-1;1-2-5-3-4-1;2*1-2-4-5-3-1;1-3-4-2-5-1;1-3-2-5-4-1/h2*1-5H;2*1-4H;1,3-4H,2H2;1-5H;2*1-4H;1,3H,2H2;2*1-3H,(H,4,5);1-3H;1H,2H2;1-2H,(H,3,4,5);2*1-2H. The first kappa shape index (κ1) is 69.8. The minimum Gasteiger partial charge on any atom is -0.473 e. The Labute approximate surface area is 487 Å². The normalized spacial score (nSPS) is 9.71. The van der Waals surface area contributed by atoms with Gasteiger partial charge in [-0.2, -0.15) is 47.2 Å². The van der Waals surface area contributed by atoms with Crippen molar-refractivity contribution in [1.82, 2.24) is 96.0 Å². The van der Waals surface area contributed by atoms with Gasteiger partial charge in [0, 0.05) is 124 Å². The number of rotatable bonds is 0. The average molecular weight is 1160 g/mol. The van der Waals surface area contributed by atoms with E-state index in [1.807, 2.05) is 126 Å². The molecule has 0 unspecified atom stereocenters. The van der Waals surface area contributed by atoms with Crippen LogP contribution in [-0.4, -0.2) is 134 Å². The van der Waals surface area contributed by atoms with Crippen LogP contribution in [0.2, 0.25) is 0 Å². The summed E-state index contributed by atoms with van der Waals surface area (Å²) < 4.78 is 17.6. The molecule has 29 nitrogen and oxygen atoms in total. The van der Waals surface area contributed by atoms with Crippen molar-refractivity contribution in [1.29, 1.82) is 0 Å². The van der Waals surface area contributed by atoms with Crippen LogP contribution in [0.15, 0.2) is 337 Å². The largest absolute Gasteiger partial charge is 0.473 e. The molecule has 0 saturated carbocycles. The second-order valence-corrected chi connectivity index (χ2v) is 13.6. The summed E-state index contributed by atoms with van der Waals surface area (Å²) in [7, 11) is 0. The first-order valence-electron chi connectivity index (χ1n) is 24.0. The number of aromatic amines is 4. The lowest BCUT2D eigenvalue weighted by molar-refractivity contribution is 0.416. The molecule has 3 aliphatic heterocycles. The van der Waals surface area contributed by atoms with Crippen LogP contribution in [0.5, 0.6) is 0 Å². The summed E-state index contributed by atoms with van der Waals surface area (Å²) in [6.07, 6.45) is 56.8. The summed E-state index contributed by atoms with van der Waals surface area (Å²) in [4.78, 5) is 42.5. The molecule has 0 fully saturated rings. The zero-order valence-corrected chi connectivity index (χ0v) is 45.8. The van der Waals surface area contributed by atoms with Crippen LogP contribution in [0.25, 0.3) is 0 Å². The van der Waals surface area contributed by atoms with Gasteiger partial charge in [0.1, 0.15) is 12.6 Å². The molecule has 0 aromatic carbocycles. The van der Waals surface area contributed by atoms with E-state index in [1.165, 1.54) is 38.2 Å². The Kier molecular flexibility index (Phi) is 55.6. The number of imidazole rings is 1. The van der Waals surface area contributed by atoms with Gasteiger partial charge in [-0.3, -0.25) is 35.0 Å². The summed E-state index contributed by atoms with van der Waals surface area (Å²) in [6.45, 7) is 1.44. The molecule has 30 heteroatoms. The third-order valence-electron chi connectivity index (χ3n) is 6.84. The number of aromatic nitrogens is 19. The highest BCUT2D eigenvalue weighted by atomic mass is 32.1. The number of thiophene rings is 1. The lowest BCUT2D eigenvalue weighted by Gasteiger charge is -1.70. The van der Waals surface area contributed by atoms with Gasteiger partial charge in [0.05, 0.1) is 56.7 Å². The van der Waals surface area contributed by atoms with Crippen LogP contribution in [0, 0.1) is 0 Å². The number of hydrogen-bond donors (Lipinski definition) is 4. The van der Waals surface area contributed by atoms with Crippen molar-refractivity contribution in [3.05, 3.63) is 289 Å². The molecule has 0 bridgehead atoms. The van der Waals surface area contributed by atoms with E-state index < -0.39 is 0 Å². The van der Waals surface area contributed by atoms with Gasteiger partial charge in [0.15, 0.2) is 12.7 Å². The van der Waals surface area contributed by atoms with Crippen molar-refractivity contribution in [2.24, 2.45) is 30.4 Å². The van der Waals surface area contributed by atoms with Gasteiger partial charge < -0.3 is 27.7 Å². The van der Waals surface area contributed by atoms with Crippen molar-refractivity contribution in [2.75, 3.05) is 13.1 Å². The first-order chi connectivity index (χ1) is 42.0. The van der Waals surface area contributed by atoms with E-state index in [0.717, 1.165) is 13.0 Å². The molecule has 4 N–H and O–H groups in total. The average Bonchev–Trinajstić information content (AvgIpc) is 4.42. The van der Waals surface area contributed by atoms with Crippen molar-refractivity contribution >= 4 is 36.3 Å². The zero-order valence-electron chi connectivity index (χ0n) is 45.0. The molecule has 84 heavy (non-hydrogen) atoms. The maximum Gasteiger partial charge on any atom is 0.213 e. The minimum atomic E-state index is 0.667. The molecular weight excluding hydrogens is 1090 g/mol. The molecule has 0 atom stereocenters. The van der Waals surface area contributed by atoms with Gasteiger partial charge in [-0.25, -0.2) is 19.9 Å². The van der Waals surface area contributed by atoms with E-state index in [4.69, 9.17) is 0 Å². The Morgan fingerprint density at radius 2 is 1.10 bits per heavy atom. The molecule has 13 aromatic rings. The van der Waals surface area contributed by atoms with Crippen molar-refractivity contribution in [3.8, 4) is 0 Å². The van der Waals surface area contributed by atoms with Crippen LogP contribution >= 0.6 is 11.3 Å². The van der Waals surface area contributed by atoms with E-state index in [-0.39, 0.29) is 0 Å². The fourth-order valence-electron chi connectivity index (χ4n) is 3.63. The Balaban J connectivity index is 0.000000448. The first-order valence-corrected chi connectivity index (χ1v) is 25.0. The Bertz CT molecular complexity index is 2230. The second-order valence-electron chi connectivity index (χ2n) is 12.8. The predicted molar refractivity (Wildman–Crippen MR) is 317 cm³/mol. The van der Waals surface area contributed by atoms with Gasteiger partial charge in [-0.15, -0.1) is 15.3 Å². The number of allylic oxidation sites excluding steroid dienone is 1. The minimum absolute atomic E-state index is 0.667. The molecule has 0 saturated heterocycles. The van der Waals surface area contributed by atoms with Crippen molar-refractivity contribution < 1.29 is 17.8 Å². The fraction of sp³-hybridized carbons (Fsp3) is 0.0556. The quantitative estimate of drug-likeness (QED) is 0.110. The van der Waals surface area contributed by atoms with Crippen LogP contribution < -0.4 is 0 Å². The predicted octanol–water partition coefficient (Wildman–Crippen LogP) is 10.1. The summed E-state index contributed by atoms with van der Waals surface area (Å²) in [5.41, 5.74) is 0. The molecule has 13 aromatic heterocycles. The number of nitrogens with one attached hydrogen (secondary N) is 4. The van der Waals surface area contributed by atoms with Gasteiger partial charge >= 0.3 is 0 Å². The van der Waals surface area contributed by atoms with Crippen molar-refractivity contribution in [3.63, 3.8) is 0 Å². The van der Waals surface area contributed by atoms with E-state index in [9.17, 15) is 0 Å². The molecule has 0 aliphatic carbocycles. The number of oxazole rings is 1. The maximum atomic E-state index is 4.58. The molecule has 3 aliphatic rings. The molecule has 0 spiro atoms. The molecule has 0 amide bonds. The smallest absolute Gasteiger partial charge is 0.213 e. The van der Waals surface area contributed by atoms with E-state index in [0.29, 0.717) is 6.54 Å². The van der Waals surface area contributed by atoms with Gasteiger partial charge in [0.25, 0.3) is 0 Å². The third kappa shape index (κ3) is 64.1. The highest BCUT2D eigenvalue weighted by Crippen LogP contribution is 1.91. The second kappa shape index (κ2) is 66.9. The number of hydrogen-bond acceptors (Lipinski definition) is 26.